The Morgan fingerprint density at radius 2 is 2.15 bits per heavy atom. The summed E-state index contributed by atoms with van der Waals surface area (Å²) >= 11 is 0. The fraction of sp³-hybridized carbons (Fsp3) is 0.471. The molecule has 148 valence electrons. The zero-order chi connectivity index (χ0) is 19.6. The quantitative estimate of drug-likeness (QED) is 0.507. The normalized spacial score (nSPS) is 11.6. The number of benzene rings is 1. The largest absolute Gasteiger partial charge is 0.490 e. The number of halogens is 2. The first-order chi connectivity index (χ1) is 13.0. The van der Waals surface area contributed by atoms with E-state index in [0.717, 1.165) is 0 Å². The SMILES string of the molecule is CCOc1cccc(CNC(=NC)NCCc2nc(C)no2)c1OC(F)F. The predicted molar refractivity (Wildman–Crippen MR) is 95.2 cm³/mol. The van der Waals surface area contributed by atoms with E-state index in [2.05, 4.69) is 30.5 Å². The van der Waals surface area contributed by atoms with Crippen molar-refractivity contribution in [2.45, 2.75) is 33.4 Å². The maximum Gasteiger partial charge on any atom is 0.387 e. The maximum atomic E-state index is 12.8. The highest BCUT2D eigenvalue weighted by molar-refractivity contribution is 5.79. The van der Waals surface area contributed by atoms with E-state index in [1.54, 1.807) is 39.1 Å². The van der Waals surface area contributed by atoms with Crippen molar-refractivity contribution in [1.82, 2.24) is 20.8 Å². The van der Waals surface area contributed by atoms with Crippen molar-refractivity contribution >= 4 is 5.96 Å². The number of ether oxygens (including phenoxy) is 2. The van der Waals surface area contributed by atoms with Crippen molar-refractivity contribution in [3.63, 3.8) is 0 Å². The molecule has 2 rings (SSSR count). The number of aromatic nitrogens is 2. The molecule has 10 heteroatoms. The molecule has 0 spiro atoms. The van der Waals surface area contributed by atoms with Crippen LogP contribution in [0.3, 0.4) is 0 Å². The second-order valence-electron chi connectivity index (χ2n) is 5.39. The van der Waals surface area contributed by atoms with Gasteiger partial charge in [-0.15, -0.1) is 0 Å². The van der Waals surface area contributed by atoms with Crippen LogP contribution in [0.2, 0.25) is 0 Å². The second kappa shape index (κ2) is 10.3. The highest BCUT2D eigenvalue weighted by Crippen LogP contribution is 2.32. The van der Waals surface area contributed by atoms with Crippen molar-refractivity contribution in [3.05, 3.63) is 35.5 Å². The molecule has 0 radical (unpaired) electrons. The molecular weight excluding hydrogens is 360 g/mol. The molecule has 0 bridgehead atoms. The summed E-state index contributed by atoms with van der Waals surface area (Å²) in [5, 5.41) is 9.86. The molecule has 0 unspecified atom stereocenters. The van der Waals surface area contributed by atoms with Crippen LogP contribution >= 0.6 is 0 Å². The average molecular weight is 383 g/mol. The third-order valence-corrected chi connectivity index (χ3v) is 3.44. The first-order valence-electron chi connectivity index (χ1n) is 8.46. The summed E-state index contributed by atoms with van der Waals surface area (Å²) in [6.07, 6.45) is 0.529. The second-order valence-corrected chi connectivity index (χ2v) is 5.39. The van der Waals surface area contributed by atoms with E-state index in [9.17, 15) is 8.78 Å². The van der Waals surface area contributed by atoms with Crippen LogP contribution in [0.5, 0.6) is 11.5 Å². The number of aliphatic imine (C=N–C) groups is 1. The van der Waals surface area contributed by atoms with Crippen LogP contribution in [-0.2, 0) is 13.0 Å². The van der Waals surface area contributed by atoms with Gasteiger partial charge in [-0.3, -0.25) is 4.99 Å². The highest BCUT2D eigenvalue weighted by Gasteiger charge is 2.16. The number of hydrogen-bond acceptors (Lipinski definition) is 6. The smallest absolute Gasteiger partial charge is 0.387 e. The van der Waals surface area contributed by atoms with E-state index in [4.69, 9.17) is 9.26 Å². The zero-order valence-electron chi connectivity index (χ0n) is 15.5. The van der Waals surface area contributed by atoms with Gasteiger partial charge in [-0.2, -0.15) is 13.8 Å². The van der Waals surface area contributed by atoms with Gasteiger partial charge in [0.05, 0.1) is 6.61 Å². The number of hydrogen-bond donors (Lipinski definition) is 2. The lowest BCUT2D eigenvalue weighted by atomic mass is 10.2. The third-order valence-electron chi connectivity index (χ3n) is 3.44. The van der Waals surface area contributed by atoms with E-state index >= 15 is 0 Å². The maximum absolute atomic E-state index is 12.8. The van der Waals surface area contributed by atoms with Gasteiger partial charge in [-0.1, -0.05) is 17.3 Å². The van der Waals surface area contributed by atoms with E-state index in [0.29, 0.717) is 42.8 Å². The summed E-state index contributed by atoms with van der Waals surface area (Å²) < 4.78 is 40.6. The van der Waals surface area contributed by atoms with E-state index in [1.807, 2.05) is 0 Å². The van der Waals surface area contributed by atoms with E-state index < -0.39 is 6.61 Å². The van der Waals surface area contributed by atoms with Gasteiger partial charge in [0.2, 0.25) is 5.89 Å². The number of aryl methyl sites for hydroxylation is 1. The van der Waals surface area contributed by atoms with Crippen molar-refractivity contribution in [2.75, 3.05) is 20.2 Å². The molecule has 0 saturated heterocycles. The summed E-state index contributed by atoms with van der Waals surface area (Å²) in [5.41, 5.74) is 0.525. The molecule has 2 N–H and O–H groups in total. The average Bonchev–Trinajstić information content (AvgIpc) is 3.05. The molecule has 0 aliphatic rings. The highest BCUT2D eigenvalue weighted by atomic mass is 19.3. The number of nitrogens with zero attached hydrogens (tertiary/aromatic N) is 3. The van der Waals surface area contributed by atoms with Crippen LogP contribution in [0.25, 0.3) is 0 Å². The molecule has 27 heavy (non-hydrogen) atoms. The summed E-state index contributed by atoms with van der Waals surface area (Å²) in [4.78, 5) is 8.21. The predicted octanol–water partition coefficient (Wildman–Crippen LogP) is 2.29. The van der Waals surface area contributed by atoms with Crippen LogP contribution < -0.4 is 20.1 Å². The summed E-state index contributed by atoms with van der Waals surface area (Å²) in [5.74, 6) is 1.88. The van der Waals surface area contributed by atoms with Gasteiger partial charge in [0.15, 0.2) is 23.3 Å². The Hall–Kier alpha value is -2.91. The fourth-order valence-corrected chi connectivity index (χ4v) is 2.32. The van der Waals surface area contributed by atoms with Gasteiger partial charge in [0, 0.05) is 32.1 Å². The number of rotatable bonds is 9. The molecule has 0 saturated carbocycles. The van der Waals surface area contributed by atoms with Crippen molar-refractivity contribution in [3.8, 4) is 11.5 Å². The van der Waals surface area contributed by atoms with E-state index in [-0.39, 0.29) is 18.0 Å². The molecule has 1 aromatic carbocycles. The monoisotopic (exact) mass is 383 g/mol. The minimum Gasteiger partial charge on any atom is -0.490 e. The number of para-hydroxylation sites is 1. The van der Waals surface area contributed by atoms with Crippen LogP contribution in [0.4, 0.5) is 8.78 Å². The Bertz CT molecular complexity index is 752. The summed E-state index contributed by atoms with van der Waals surface area (Å²) in [6, 6.07) is 4.99. The lowest BCUT2D eigenvalue weighted by molar-refractivity contribution is -0.0520. The van der Waals surface area contributed by atoms with Gasteiger partial charge in [-0.25, -0.2) is 0 Å². The molecule has 0 aliphatic heterocycles. The van der Waals surface area contributed by atoms with Crippen LogP contribution in [0.15, 0.2) is 27.7 Å². The first-order valence-corrected chi connectivity index (χ1v) is 8.46. The van der Waals surface area contributed by atoms with Crippen LogP contribution in [0.1, 0.15) is 24.2 Å². The Morgan fingerprint density at radius 1 is 1.33 bits per heavy atom. The molecular formula is C17H23F2N5O3. The summed E-state index contributed by atoms with van der Waals surface area (Å²) in [7, 11) is 1.61. The Labute approximate surface area is 156 Å². The molecule has 1 heterocycles. The fourth-order valence-electron chi connectivity index (χ4n) is 2.32. The minimum atomic E-state index is -2.94. The number of guanidine groups is 1. The van der Waals surface area contributed by atoms with E-state index in [1.165, 1.54) is 0 Å². The van der Waals surface area contributed by atoms with Crippen molar-refractivity contribution in [1.29, 1.82) is 0 Å². The summed E-state index contributed by atoms with van der Waals surface area (Å²) in [6.45, 7) is 1.66. The van der Waals surface area contributed by atoms with Crippen molar-refractivity contribution < 1.29 is 22.8 Å². The molecule has 1 aromatic heterocycles. The molecule has 0 aliphatic carbocycles. The number of nitrogens with one attached hydrogen (secondary N) is 2. The third kappa shape index (κ3) is 6.39. The van der Waals surface area contributed by atoms with Crippen molar-refractivity contribution in [2.24, 2.45) is 4.99 Å². The Morgan fingerprint density at radius 3 is 2.78 bits per heavy atom. The Balaban J connectivity index is 1.95. The molecule has 0 amide bonds. The first kappa shape index (κ1) is 20.4. The minimum absolute atomic E-state index is 0.0126. The zero-order valence-corrected chi connectivity index (χ0v) is 15.5. The molecule has 2 aromatic rings. The number of alkyl halides is 2. The van der Waals surface area contributed by atoms with Gasteiger partial charge in [-0.05, 0) is 19.9 Å². The topological polar surface area (TPSA) is 93.8 Å². The Kier molecular flexibility index (Phi) is 7.78. The van der Waals surface area contributed by atoms with Gasteiger partial charge < -0.3 is 24.6 Å². The molecule has 8 nitrogen and oxygen atoms in total. The van der Waals surface area contributed by atoms with Gasteiger partial charge in [0.25, 0.3) is 0 Å². The molecule has 0 atom stereocenters. The molecule has 0 fully saturated rings. The standard InChI is InChI=1S/C17H23F2N5O3/c1-4-25-13-7-5-6-12(15(13)26-16(18)19)10-22-17(20-3)21-9-8-14-23-11(2)24-27-14/h5-7,16H,4,8-10H2,1-3H3,(H2,20,21,22). The van der Waals surface area contributed by atoms with Crippen LogP contribution in [0, 0.1) is 6.92 Å². The van der Waals surface area contributed by atoms with Crippen LogP contribution in [-0.4, -0.2) is 42.9 Å². The van der Waals surface area contributed by atoms with Gasteiger partial charge in [0.1, 0.15) is 0 Å². The lowest BCUT2D eigenvalue weighted by Gasteiger charge is -2.17. The lowest BCUT2D eigenvalue weighted by Crippen LogP contribution is -2.38. The van der Waals surface area contributed by atoms with Gasteiger partial charge >= 0.3 is 6.61 Å².